The minimum Gasteiger partial charge on any atom is -0.494 e. The van der Waals surface area contributed by atoms with Crippen molar-refractivity contribution in [3.05, 3.63) is 47.5 Å². The summed E-state index contributed by atoms with van der Waals surface area (Å²) in [6.07, 6.45) is 0. The van der Waals surface area contributed by atoms with Crippen molar-refractivity contribution in [1.82, 2.24) is 25.1 Å². The zero-order valence-corrected chi connectivity index (χ0v) is 19.7. The van der Waals surface area contributed by atoms with Crippen molar-refractivity contribution in [2.75, 3.05) is 33.6 Å². The number of hydrogen-bond acceptors (Lipinski definition) is 8. The molecular weight excluding hydrogens is 430 g/mol. The van der Waals surface area contributed by atoms with Crippen LogP contribution in [0.5, 0.6) is 17.2 Å². The lowest BCUT2D eigenvalue weighted by Gasteiger charge is -2.21. The Kier molecular flexibility index (Phi) is 7.93. The summed E-state index contributed by atoms with van der Waals surface area (Å²) < 4.78 is 17.7. The predicted molar refractivity (Wildman–Crippen MR) is 122 cm³/mol. The van der Waals surface area contributed by atoms with E-state index < -0.39 is 0 Å². The minimum absolute atomic E-state index is 0.0157. The number of ether oxygens (including phenoxy) is 3. The molecule has 0 aliphatic carbocycles. The van der Waals surface area contributed by atoms with Crippen molar-refractivity contribution >= 4 is 17.7 Å². The molecule has 1 aromatic heterocycles. The first-order valence-electron chi connectivity index (χ1n) is 10.1. The number of benzene rings is 2. The van der Waals surface area contributed by atoms with Crippen LogP contribution in [0.15, 0.2) is 41.6 Å². The molecule has 32 heavy (non-hydrogen) atoms. The van der Waals surface area contributed by atoms with Crippen LogP contribution in [-0.4, -0.2) is 64.6 Å². The van der Waals surface area contributed by atoms with Gasteiger partial charge in [-0.3, -0.25) is 4.79 Å². The van der Waals surface area contributed by atoms with E-state index >= 15 is 0 Å². The van der Waals surface area contributed by atoms with E-state index in [-0.39, 0.29) is 11.7 Å². The molecule has 9 nitrogen and oxygen atoms in total. The van der Waals surface area contributed by atoms with Crippen molar-refractivity contribution in [3.63, 3.8) is 0 Å². The van der Waals surface area contributed by atoms with E-state index in [1.165, 1.54) is 11.8 Å². The van der Waals surface area contributed by atoms with E-state index in [0.717, 1.165) is 16.8 Å². The first kappa shape index (κ1) is 23.4. The van der Waals surface area contributed by atoms with Crippen molar-refractivity contribution in [1.29, 1.82) is 0 Å². The Hall–Kier alpha value is -3.27. The fourth-order valence-electron chi connectivity index (χ4n) is 3.18. The van der Waals surface area contributed by atoms with E-state index in [1.807, 2.05) is 50.2 Å². The fourth-order valence-corrected chi connectivity index (χ4v) is 3.97. The molecule has 0 radical (unpaired) electrons. The number of aryl methyl sites for hydroxylation is 1. The van der Waals surface area contributed by atoms with Gasteiger partial charge in [0.1, 0.15) is 11.4 Å². The summed E-state index contributed by atoms with van der Waals surface area (Å²) in [6, 6.07) is 11.4. The van der Waals surface area contributed by atoms with Gasteiger partial charge in [-0.05, 0) is 59.7 Å². The smallest absolute Gasteiger partial charge is 0.233 e. The Morgan fingerprint density at radius 2 is 1.75 bits per heavy atom. The summed E-state index contributed by atoms with van der Waals surface area (Å²) in [5.41, 5.74) is 2.73. The van der Waals surface area contributed by atoms with E-state index in [0.29, 0.717) is 35.5 Å². The standard InChI is InChI=1S/C22H27N5O4S/c1-6-26(13-16-8-10-19(30-4)20(12-16)31-5)21(28)14-32-22-23-24-25-27(22)17-11-15(2)7-9-18(17)29-3/h7-12H,6,13-14H2,1-5H3. The second kappa shape index (κ2) is 10.9. The highest BCUT2D eigenvalue weighted by atomic mass is 32.2. The number of aromatic nitrogens is 4. The molecular formula is C22H27N5O4S. The Labute approximate surface area is 191 Å². The molecule has 10 heteroatoms. The summed E-state index contributed by atoms with van der Waals surface area (Å²) in [5.74, 6) is 2.13. The highest BCUT2D eigenvalue weighted by Gasteiger charge is 2.18. The van der Waals surface area contributed by atoms with Crippen LogP contribution in [0.25, 0.3) is 5.69 Å². The molecule has 3 rings (SSSR count). The highest BCUT2D eigenvalue weighted by Crippen LogP contribution is 2.29. The molecule has 0 N–H and O–H groups in total. The highest BCUT2D eigenvalue weighted by molar-refractivity contribution is 7.99. The van der Waals surface area contributed by atoms with Gasteiger partial charge in [0.15, 0.2) is 11.5 Å². The molecule has 1 heterocycles. The van der Waals surface area contributed by atoms with Crippen LogP contribution in [0.2, 0.25) is 0 Å². The summed E-state index contributed by atoms with van der Waals surface area (Å²) in [6.45, 7) is 4.97. The summed E-state index contributed by atoms with van der Waals surface area (Å²) in [5, 5.41) is 12.5. The number of amides is 1. The average Bonchev–Trinajstić information content (AvgIpc) is 3.29. The van der Waals surface area contributed by atoms with E-state index in [2.05, 4.69) is 15.5 Å². The third-order valence-corrected chi connectivity index (χ3v) is 5.79. The Morgan fingerprint density at radius 1 is 1.03 bits per heavy atom. The number of carbonyl (C=O) groups excluding carboxylic acids is 1. The third kappa shape index (κ3) is 5.31. The van der Waals surface area contributed by atoms with Gasteiger partial charge in [-0.25, -0.2) is 0 Å². The molecule has 3 aromatic rings. The molecule has 0 spiro atoms. The maximum atomic E-state index is 12.9. The topological polar surface area (TPSA) is 91.6 Å². The third-order valence-electron chi connectivity index (χ3n) is 4.88. The maximum Gasteiger partial charge on any atom is 0.233 e. The van der Waals surface area contributed by atoms with Gasteiger partial charge in [0.25, 0.3) is 0 Å². The van der Waals surface area contributed by atoms with Crippen molar-refractivity contribution < 1.29 is 19.0 Å². The number of methoxy groups -OCH3 is 3. The number of nitrogens with zero attached hydrogens (tertiary/aromatic N) is 5. The van der Waals surface area contributed by atoms with Gasteiger partial charge < -0.3 is 19.1 Å². The summed E-state index contributed by atoms with van der Waals surface area (Å²) >= 11 is 1.29. The van der Waals surface area contributed by atoms with Crippen LogP contribution in [0.4, 0.5) is 0 Å². The van der Waals surface area contributed by atoms with Crippen LogP contribution in [-0.2, 0) is 11.3 Å². The predicted octanol–water partition coefficient (Wildman–Crippen LogP) is 3.14. The molecule has 0 saturated carbocycles. The Morgan fingerprint density at radius 3 is 2.44 bits per heavy atom. The molecule has 0 aliphatic heterocycles. The lowest BCUT2D eigenvalue weighted by atomic mass is 10.2. The van der Waals surface area contributed by atoms with Gasteiger partial charge in [-0.1, -0.05) is 23.9 Å². The zero-order chi connectivity index (χ0) is 23.1. The molecule has 0 fully saturated rings. The van der Waals surface area contributed by atoms with Crippen LogP contribution in [0.3, 0.4) is 0 Å². The first-order valence-corrected chi connectivity index (χ1v) is 11.0. The lowest BCUT2D eigenvalue weighted by molar-refractivity contribution is -0.128. The molecule has 0 bridgehead atoms. The van der Waals surface area contributed by atoms with Crippen LogP contribution in [0, 0.1) is 6.92 Å². The van der Waals surface area contributed by atoms with E-state index in [4.69, 9.17) is 14.2 Å². The summed E-state index contributed by atoms with van der Waals surface area (Å²) in [7, 11) is 4.78. The molecule has 2 aromatic carbocycles. The number of carbonyl (C=O) groups is 1. The minimum atomic E-state index is -0.0157. The van der Waals surface area contributed by atoms with Gasteiger partial charge in [0, 0.05) is 13.1 Å². The van der Waals surface area contributed by atoms with Crippen molar-refractivity contribution in [3.8, 4) is 22.9 Å². The number of tetrazole rings is 1. The number of thioether (sulfide) groups is 1. The van der Waals surface area contributed by atoms with Crippen LogP contribution < -0.4 is 14.2 Å². The second-order valence-corrected chi connectivity index (χ2v) is 7.88. The lowest BCUT2D eigenvalue weighted by Crippen LogP contribution is -2.31. The molecule has 1 amide bonds. The monoisotopic (exact) mass is 457 g/mol. The molecule has 170 valence electrons. The van der Waals surface area contributed by atoms with Crippen LogP contribution >= 0.6 is 11.8 Å². The maximum absolute atomic E-state index is 12.9. The largest absolute Gasteiger partial charge is 0.494 e. The SMILES string of the molecule is CCN(Cc1ccc(OC)c(OC)c1)C(=O)CSc1nnnn1-c1cc(C)ccc1OC. The quantitative estimate of drug-likeness (QED) is 0.429. The molecule has 0 saturated heterocycles. The van der Waals surface area contributed by atoms with Gasteiger partial charge in [0.05, 0.1) is 27.1 Å². The van der Waals surface area contributed by atoms with Crippen molar-refractivity contribution in [2.24, 2.45) is 0 Å². The normalized spacial score (nSPS) is 10.7. The van der Waals surface area contributed by atoms with Gasteiger partial charge in [0.2, 0.25) is 11.1 Å². The van der Waals surface area contributed by atoms with E-state index in [1.54, 1.807) is 30.9 Å². The fraction of sp³-hybridized carbons (Fsp3) is 0.364. The summed E-state index contributed by atoms with van der Waals surface area (Å²) in [4.78, 5) is 14.7. The molecule has 0 unspecified atom stereocenters. The number of hydrogen-bond donors (Lipinski definition) is 0. The van der Waals surface area contributed by atoms with E-state index in [9.17, 15) is 4.79 Å². The van der Waals surface area contributed by atoms with Crippen molar-refractivity contribution in [2.45, 2.75) is 25.5 Å². The average molecular weight is 458 g/mol. The first-order chi connectivity index (χ1) is 15.5. The molecule has 0 aliphatic rings. The van der Waals surface area contributed by atoms with Gasteiger partial charge >= 0.3 is 0 Å². The Balaban J connectivity index is 1.71. The van der Waals surface area contributed by atoms with Crippen LogP contribution in [0.1, 0.15) is 18.1 Å². The van der Waals surface area contributed by atoms with Gasteiger partial charge in [-0.2, -0.15) is 4.68 Å². The molecule has 0 atom stereocenters. The van der Waals surface area contributed by atoms with Gasteiger partial charge in [-0.15, -0.1) is 5.10 Å². The Bertz CT molecular complexity index is 1070. The second-order valence-electron chi connectivity index (χ2n) is 6.93. The zero-order valence-electron chi connectivity index (χ0n) is 18.9. The number of rotatable bonds is 10.